The molecule has 1 aliphatic heterocycles. The maximum absolute atomic E-state index is 13.1. The van der Waals surface area contributed by atoms with Crippen molar-refractivity contribution in [1.82, 2.24) is 14.5 Å². The van der Waals surface area contributed by atoms with Gasteiger partial charge in [-0.2, -0.15) is 13.2 Å². The van der Waals surface area contributed by atoms with Gasteiger partial charge in [-0.05, 0) is 18.2 Å². The summed E-state index contributed by atoms with van der Waals surface area (Å²) in [6.45, 7) is 1.82. The smallest absolute Gasteiger partial charge is 0.353 e. The number of pyridine rings is 1. The van der Waals surface area contributed by atoms with Crippen LogP contribution in [0, 0.1) is 0 Å². The van der Waals surface area contributed by atoms with E-state index in [4.69, 9.17) is 11.6 Å². The van der Waals surface area contributed by atoms with Crippen molar-refractivity contribution in [3.05, 3.63) is 58.9 Å². The van der Waals surface area contributed by atoms with Crippen LogP contribution in [0.4, 0.5) is 19.0 Å². The van der Waals surface area contributed by atoms with Crippen molar-refractivity contribution in [2.45, 2.75) is 6.18 Å². The molecule has 9 heteroatoms. The first kappa shape index (κ1) is 19.6. The third-order valence-corrected chi connectivity index (χ3v) is 5.60. The van der Waals surface area contributed by atoms with Crippen LogP contribution in [0.5, 0.6) is 0 Å². The van der Waals surface area contributed by atoms with Crippen LogP contribution in [-0.4, -0.2) is 46.5 Å². The van der Waals surface area contributed by atoms with Crippen LogP contribution in [-0.2, 0) is 13.2 Å². The number of anilines is 1. The Morgan fingerprint density at radius 2 is 1.76 bits per heavy atom. The van der Waals surface area contributed by atoms with E-state index in [1.165, 1.54) is 6.07 Å². The largest absolute Gasteiger partial charge is 0.417 e. The van der Waals surface area contributed by atoms with Crippen LogP contribution in [0.1, 0.15) is 16.1 Å². The topological polar surface area (TPSA) is 41.4 Å². The Labute approximate surface area is 170 Å². The van der Waals surface area contributed by atoms with E-state index in [0.29, 0.717) is 42.7 Å². The summed E-state index contributed by atoms with van der Waals surface area (Å²) < 4.78 is 39.9. The number of halogens is 4. The molecule has 0 N–H and O–H groups in total. The molecule has 5 nitrogen and oxygen atoms in total. The van der Waals surface area contributed by atoms with Crippen molar-refractivity contribution in [3.63, 3.8) is 0 Å². The number of nitrogens with zero attached hydrogens (tertiary/aromatic N) is 4. The number of fused-ring (bicyclic) bond motifs is 1. The minimum absolute atomic E-state index is 0.159. The number of aromatic nitrogens is 2. The fourth-order valence-electron chi connectivity index (χ4n) is 3.61. The van der Waals surface area contributed by atoms with Crippen LogP contribution < -0.4 is 4.90 Å². The summed E-state index contributed by atoms with van der Waals surface area (Å²) in [4.78, 5) is 20.6. The first-order chi connectivity index (χ1) is 13.8. The number of para-hydroxylation sites is 1. The standard InChI is InChI=1S/C20H18ClF3N4O/c1-26-15-5-3-2-4-14(15)17(21)18(26)19(29)28-10-8-27(9-11-28)16-7-6-13(12-25-16)20(22,23)24/h2-7,12H,8-11H2,1H3. The maximum atomic E-state index is 13.1. The Hall–Kier alpha value is -2.74. The third kappa shape index (κ3) is 3.53. The lowest BCUT2D eigenvalue weighted by molar-refractivity contribution is -0.137. The summed E-state index contributed by atoms with van der Waals surface area (Å²) in [6, 6.07) is 9.94. The highest BCUT2D eigenvalue weighted by Crippen LogP contribution is 2.31. The van der Waals surface area contributed by atoms with Crippen LogP contribution in [0.2, 0.25) is 5.02 Å². The van der Waals surface area contributed by atoms with Gasteiger partial charge in [-0.25, -0.2) is 4.98 Å². The molecule has 1 aromatic carbocycles. The second-order valence-corrected chi connectivity index (χ2v) is 7.30. The van der Waals surface area contributed by atoms with Crippen molar-refractivity contribution in [3.8, 4) is 0 Å². The van der Waals surface area contributed by atoms with E-state index in [1.54, 1.807) is 9.47 Å². The minimum atomic E-state index is -4.41. The van der Waals surface area contributed by atoms with Crippen molar-refractivity contribution in [2.24, 2.45) is 7.05 Å². The van der Waals surface area contributed by atoms with Gasteiger partial charge in [0.15, 0.2) is 0 Å². The zero-order chi connectivity index (χ0) is 20.8. The van der Waals surface area contributed by atoms with E-state index < -0.39 is 11.7 Å². The van der Waals surface area contributed by atoms with Gasteiger partial charge in [0.1, 0.15) is 11.5 Å². The number of amides is 1. The Kier molecular flexibility index (Phi) is 4.90. The van der Waals surface area contributed by atoms with Gasteiger partial charge in [0, 0.05) is 50.3 Å². The Morgan fingerprint density at radius 3 is 2.34 bits per heavy atom. The van der Waals surface area contributed by atoms with E-state index in [0.717, 1.165) is 23.2 Å². The molecule has 4 rings (SSSR count). The highest BCUT2D eigenvalue weighted by molar-refractivity contribution is 6.38. The molecule has 1 aliphatic rings. The molecule has 29 heavy (non-hydrogen) atoms. The molecule has 1 amide bonds. The lowest BCUT2D eigenvalue weighted by Crippen LogP contribution is -2.49. The van der Waals surface area contributed by atoms with Crippen molar-refractivity contribution in [1.29, 1.82) is 0 Å². The number of alkyl halides is 3. The predicted molar refractivity (Wildman–Crippen MR) is 105 cm³/mol. The number of hydrogen-bond acceptors (Lipinski definition) is 3. The lowest BCUT2D eigenvalue weighted by atomic mass is 10.2. The monoisotopic (exact) mass is 422 g/mol. The van der Waals surface area contributed by atoms with Gasteiger partial charge in [0.25, 0.3) is 5.91 Å². The number of carbonyl (C=O) groups excluding carboxylic acids is 1. The molecule has 0 atom stereocenters. The molecular weight excluding hydrogens is 405 g/mol. The third-order valence-electron chi connectivity index (χ3n) is 5.21. The first-order valence-electron chi connectivity index (χ1n) is 9.08. The van der Waals surface area contributed by atoms with Gasteiger partial charge >= 0.3 is 6.18 Å². The average Bonchev–Trinajstić information content (AvgIpc) is 2.98. The summed E-state index contributed by atoms with van der Waals surface area (Å²) in [5.41, 5.74) is 0.544. The van der Waals surface area contributed by atoms with E-state index in [1.807, 2.05) is 36.2 Å². The molecule has 0 unspecified atom stereocenters. The number of hydrogen-bond donors (Lipinski definition) is 0. The van der Waals surface area contributed by atoms with Gasteiger partial charge in [-0.1, -0.05) is 29.8 Å². The molecule has 3 aromatic rings. The highest BCUT2D eigenvalue weighted by Gasteiger charge is 2.31. The van der Waals surface area contributed by atoms with Crippen LogP contribution in [0.15, 0.2) is 42.6 Å². The molecule has 1 saturated heterocycles. The number of aryl methyl sites for hydroxylation is 1. The van der Waals surface area contributed by atoms with Crippen molar-refractivity contribution < 1.29 is 18.0 Å². The van der Waals surface area contributed by atoms with Gasteiger partial charge in [0.2, 0.25) is 0 Å². The molecule has 1 fully saturated rings. The second kappa shape index (κ2) is 7.26. The number of rotatable bonds is 2. The Morgan fingerprint density at radius 1 is 1.07 bits per heavy atom. The van der Waals surface area contributed by atoms with Gasteiger partial charge in [0.05, 0.1) is 10.6 Å². The Balaban J connectivity index is 1.48. The quantitative estimate of drug-likeness (QED) is 0.621. The highest BCUT2D eigenvalue weighted by atomic mass is 35.5. The van der Waals surface area contributed by atoms with E-state index in [2.05, 4.69) is 4.98 Å². The molecule has 0 aliphatic carbocycles. The molecule has 0 spiro atoms. The summed E-state index contributed by atoms with van der Waals surface area (Å²) in [5, 5.41) is 1.26. The van der Waals surface area contributed by atoms with Crippen LogP contribution >= 0.6 is 11.6 Å². The summed E-state index contributed by atoms with van der Waals surface area (Å²) in [7, 11) is 1.81. The number of benzene rings is 1. The molecular formula is C20H18ClF3N4O. The van der Waals surface area contributed by atoms with E-state index in [9.17, 15) is 18.0 Å². The molecule has 152 valence electrons. The molecule has 0 radical (unpaired) electrons. The maximum Gasteiger partial charge on any atom is 0.417 e. The van der Waals surface area contributed by atoms with E-state index >= 15 is 0 Å². The minimum Gasteiger partial charge on any atom is -0.353 e. The second-order valence-electron chi connectivity index (χ2n) is 6.92. The molecule has 0 saturated carbocycles. The average molecular weight is 423 g/mol. The first-order valence-corrected chi connectivity index (χ1v) is 9.45. The summed E-state index contributed by atoms with van der Waals surface area (Å²) >= 11 is 6.47. The Bertz CT molecular complexity index is 1020. The predicted octanol–water partition coefficient (Wildman–Crippen LogP) is 4.21. The van der Waals surface area contributed by atoms with Crippen molar-refractivity contribution in [2.75, 3.05) is 31.1 Å². The number of carbonyl (C=O) groups is 1. The molecule has 2 aromatic heterocycles. The normalized spacial score (nSPS) is 15.2. The SMILES string of the molecule is Cn1c(C(=O)N2CCN(c3ccc(C(F)(F)F)cn3)CC2)c(Cl)c2ccccc21. The number of piperazine rings is 1. The zero-order valence-electron chi connectivity index (χ0n) is 15.6. The zero-order valence-corrected chi connectivity index (χ0v) is 16.3. The summed E-state index contributed by atoms with van der Waals surface area (Å²) in [5.74, 6) is 0.307. The summed E-state index contributed by atoms with van der Waals surface area (Å²) in [6.07, 6.45) is -3.57. The lowest BCUT2D eigenvalue weighted by Gasteiger charge is -2.35. The van der Waals surface area contributed by atoms with Gasteiger partial charge < -0.3 is 14.4 Å². The molecule has 3 heterocycles. The fraction of sp³-hybridized carbons (Fsp3) is 0.300. The molecule has 0 bridgehead atoms. The van der Waals surface area contributed by atoms with Crippen LogP contribution in [0.25, 0.3) is 10.9 Å². The fourth-order valence-corrected chi connectivity index (χ4v) is 3.98. The van der Waals surface area contributed by atoms with Crippen molar-refractivity contribution >= 4 is 34.2 Å². The van der Waals surface area contributed by atoms with E-state index in [-0.39, 0.29) is 5.91 Å². The van der Waals surface area contributed by atoms with Gasteiger partial charge in [-0.15, -0.1) is 0 Å². The van der Waals surface area contributed by atoms with Crippen LogP contribution in [0.3, 0.4) is 0 Å². The van der Waals surface area contributed by atoms with Gasteiger partial charge in [-0.3, -0.25) is 4.79 Å².